The van der Waals surface area contributed by atoms with Gasteiger partial charge in [0.15, 0.2) is 0 Å². The number of alkyl halides is 3. The zero-order valence-corrected chi connectivity index (χ0v) is 14.1. The quantitative estimate of drug-likeness (QED) is 0.651. The largest absolute Gasteiger partial charge is 0.497 e. The molecule has 0 radical (unpaired) electrons. The van der Waals surface area contributed by atoms with Crippen molar-refractivity contribution < 1.29 is 27.8 Å². The van der Waals surface area contributed by atoms with Crippen molar-refractivity contribution in [3.05, 3.63) is 59.2 Å². The van der Waals surface area contributed by atoms with E-state index in [1.807, 2.05) is 0 Å². The van der Waals surface area contributed by atoms with Crippen LogP contribution in [0.4, 0.5) is 18.9 Å². The van der Waals surface area contributed by atoms with Gasteiger partial charge < -0.3 is 9.84 Å². The second-order valence-electron chi connectivity index (χ2n) is 5.41. The molecular formula is C18H17F3N2O3. The Hall–Kier alpha value is -2.87. The summed E-state index contributed by atoms with van der Waals surface area (Å²) in [7, 11) is 1.46. The van der Waals surface area contributed by atoms with E-state index >= 15 is 0 Å². The molecule has 0 unspecified atom stereocenters. The first kappa shape index (κ1) is 19.5. The normalized spacial score (nSPS) is 11.6. The fourth-order valence-corrected chi connectivity index (χ4v) is 2.24. The number of ether oxygens (including phenoxy) is 1. The fraction of sp³-hybridized carbons (Fsp3) is 0.222. The Kier molecular flexibility index (Phi) is 5.99. The van der Waals surface area contributed by atoms with Crippen LogP contribution in [0.3, 0.4) is 0 Å². The minimum Gasteiger partial charge on any atom is -0.497 e. The van der Waals surface area contributed by atoms with E-state index in [9.17, 15) is 18.0 Å². The van der Waals surface area contributed by atoms with Crippen LogP contribution in [0.2, 0.25) is 0 Å². The molecule has 0 atom stereocenters. The van der Waals surface area contributed by atoms with Gasteiger partial charge >= 0.3 is 12.1 Å². The van der Waals surface area contributed by atoms with Gasteiger partial charge in [0, 0.05) is 0 Å². The van der Waals surface area contributed by atoms with Crippen molar-refractivity contribution in [1.82, 2.24) is 0 Å². The maximum absolute atomic E-state index is 13.0. The topological polar surface area (TPSA) is 62.1 Å². The summed E-state index contributed by atoms with van der Waals surface area (Å²) in [5.74, 6) is -1.61. The summed E-state index contributed by atoms with van der Waals surface area (Å²) in [6.07, 6.45) is -3.95. The first-order valence-electron chi connectivity index (χ1n) is 7.56. The number of carbonyl (C=O) groups excluding carboxylic acids is 1. The molecule has 0 saturated carbocycles. The number of aliphatic hydroxyl groups excluding tert-OH is 1. The highest BCUT2D eigenvalue weighted by Gasteiger charge is 2.43. The van der Waals surface area contributed by atoms with E-state index in [1.54, 1.807) is 24.3 Å². The Morgan fingerprint density at radius 2 is 2.00 bits per heavy atom. The van der Waals surface area contributed by atoms with Crippen molar-refractivity contribution in [2.75, 3.05) is 12.1 Å². The monoisotopic (exact) mass is 366 g/mol. The molecule has 0 heterocycles. The zero-order valence-electron chi connectivity index (χ0n) is 14.1. The van der Waals surface area contributed by atoms with Crippen molar-refractivity contribution >= 4 is 17.8 Å². The van der Waals surface area contributed by atoms with Crippen molar-refractivity contribution in [3.8, 4) is 5.75 Å². The van der Waals surface area contributed by atoms with Gasteiger partial charge in [0.2, 0.25) is 0 Å². The average molecular weight is 366 g/mol. The second-order valence-corrected chi connectivity index (χ2v) is 5.41. The predicted octanol–water partition coefficient (Wildman–Crippen LogP) is 3.43. The van der Waals surface area contributed by atoms with Crippen LogP contribution in [-0.2, 0) is 11.4 Å². The minimum atomic E-state index is -5.09. The van der Waals surface area contributed by atoms with E-state index in [2.05, 4.69) is 5.10 Å². The molecule has 8 heteroatoms. The number of carbonyl (C=O) groups is 1. The molecule has 2 aromatic carbocycles. The van der Waals surface area contributed by atoms with Gasteiger partial charge in [-0.2, -0.15) is 23.3 Å². The molecule has 2 aromatic rings. The number of halogens is 3. The fourth-order valence-electron chi connectivity index (χ4n) is 2.24. The number of hydrogen-bond acceptors (Lipinski definition) is 4. The summed E-state index contributed by atoms with van der Waals surface area (Å²) in [5, 5.41) is 13.2. The molecule has 5 nitrogen and oxygen atoms in total. The number of nitrogens with zero attached hydrogens (tertiary/aromatic N) is 2. The molecule has 26 heavy (non-hydrogen) atoms. The number of hydrogen-bond donors (Lipinski definition) is 1. The average Bonchev–Trinajstić information content (AvgIpc) is 2.62. The summed E-state index contributed by atoms with van der Waals surface area (Å²) in [6, 6.07) is 10.7. The van der Waals surface area contributed by atoms with Crippen LogP contribution >= 0.6 is 0 Å². The van der Waals surface area contributed by atoms with E-state index in [1.165, 1.54) is 32.2 Å². The van der Waals surface area contributed by atoms with Gasteiger partial charge in [0.05, 0.1) is 25.6 Å². The first-order chi connectivity index (χ1) is 12.3. The van der Waals surface area contributed by atoms with Crippen LogP contribution < -0.4 is 9.75 Å². The highest BCUT2D eigenvalue weighted by molar-refractivity contribution is 5.99. The van der Waals surface area contributed by atoms with Crippen LogP contribution in [0.25, 0.3) is 0 Å². The molecule has 1 N–H and O–H groups in total. The molecule has 0 bridgehead atoms. The Labute approximate surface area is 148 Å². The van der Waals surface area contributed by atoms with Crippen molar-refractivity contribution in [2.24, 2.45) is 5.10 Å². The molecule has 0 saturated heterocycles. The van der Waals surface area contributed by atoms with Crippen LogP contribution in [0, 0.1) is 6.92 Å². The summed E-state index contributed by atoms with van der Waals surface area (Å²) in [5.41, 5.74) is 1.33. The highest BCUT2D eigenvalue weighted by Crippen LogP contribution is 2.27. The number of anilines is 1. The standard InChI is InChI=1S/C18H17F3N2O3/c1-12-8-14(11-24)6-7-16(12)23(17(25)18(19,20)21)22-10-13-4-3-5-15(9-13)26-2/h3-10,24H,11H2,1-2H3/b22-10+. The summed E-state index contributed by atoms with van der Waals surface area (Å²) in [6.45, 7) is 1.27. The number of benzene rings is 2. The number of aliphatic hydroxyl groups is 1. The van der Waals surface area contributed by atoms with Crippen molar-refractivity contribution in [1.29, 1.82) is 0 Å². The van der Waals surface area contributed by atoms with E-state index in [0.717, 1.165) is 6.21 Å². The van der Waals surface area contributed by atoms with Gasteiger partial charge in [-0.05, 0) is 41.8 Å². The van der Waals surface area contributed by atoms with E-state index in [4.69, 9.17) is 9.84 Å². The third kappa shape index (κ3) is 4.60. The third-order valence-electron chi connectivity index (χ3n) is 3.52. The number of rotatable bonds is 5. The Morgan fingerprint density at radius 1 is 1.27 bits per heavy atom. The van der Waals surface area contributed by atoms with Crippen LogP contribution in [0.1, 0.15) is 16.7 Å². The smallest absolute Gasteiger partial charge is 0.473 e. The lowest BCUT2D eigenvalue weighted by Crippen LogP contribution is -2.38. The molecule has 0 spiro atoms. The lowest BCUT2D eigenvalue weighted by atomic mass is 10.1. The summed E-state index contributed by atoms with van der Waals surface area (Å²) < 4.78 is 44.0. The number of amides is 1. The van der Waals surface area contributed by atoms with Crippen LogP contribution in [0.5, 0.6) is 5.75 Å². The zero-order chi connectivity index (χ0) is 19.3. The number of hydrazone groups is 1. The van der Waals surface area contributed by atoms with Gasteiger partial charge in [0.25, 0.3) is 0 Å². The molecule has 1 amide bonds. The van der Waals surface area contributed by atoms with E-state index < -0.39 is 12.1 Å². The highest BCUT2D eigenvalue weighted by atomic mass is 19.4. The maximum atomic E-state index is 13.0. The molecule has 0 aliphatic heterocycles. The second kappa shape index (κ2) is 8.01. The summed E-state index contributed by atoms with van der Waals surface area (Å²) >= 11 is 0. The SMILES string of the molecule is COc1cccc(/C=N/N(C(=O)C(F)(F)F)c2ccc(CO)cc2C)c1. The third-order valence-corrected chi connectivity index (χ3v) is 3.52. The number of methoxy groups -OCH3 is 1. The number of aryl methyl sites for hydroxylation is 1. The molecule has 0 aliphatic carbocycles. The van der Waals surface area contributed by atoms with Gasteiger partial charge in [0.1, 0.15) is 5.75 Å². The molecule has 0 fully saturated rings. The van der Waals surface area contributed by atoms with E-state index in [0.29, 0.717) is 27.4 Å². The maximum Gasteiger partial charge on any atom is 0.473 e. The Bertz CT molecular complexity index is 820. The van der Waals surface area contributed by atoms with Crippen LogP contribution in [0.15, 0.2) is 47.6 Å². The molecular weight excluding hydrogens is 349 g/mol. The van der Waals surface area contributed by atoms with Gasteiger partial charge in [-0.3, -0.25) is 4.79 Å². The molecule has 138 valence electrons. The lowest BCUT2D eigenvalue weighted by molar-refractivity contribution is -0.170. The predicted molar refractivity (Wildman–Crippen MR) is 91.2 cm³/mol. The van der Waals surface area contributed by atoms with Crippen molar-refractivity contribution in [2.45, 2.75) is 19.7 Å². The molecule has 0 aromatic heterocycles. The van der Waals surface area contributed by atoms with E-state index in [-0.39, 0.29) is 12.3 Å². The Balaban J connectivity index is 2.44. The van der Waals surface area contributed by atoms with Gasteiger partial charge in [-0.25, -0.2) is 0 Å². The minimum absolute atomic E-state index is 0.0244. The van der Waals surface area contributed by atoms with Crippen molar-refractivity contribution in [3.63, 3.8) is 0 Å². The summed E-state index contributed by atoms with van der Waals surface area (Å²) in [4.78, 5) is 11.8. The Morgan fingerprint density at radius 3 is 2.58 bits per heavy atom. The van der Waals surface area contributed by atoms with Gasteiger partial charge in [-0.15, -0.1) is 0 Å². The molecule has 0 aliphatic rings. The molecule has 2 rings (SSSR count). The lowest BCUT2D eigenvalue weighted by Gasteiger charge is -2.20. The first-order valence-corrected chi connectivity index (χ1v) is 7.56. The van der Waals surface area contributed by atoms with Gasteiger partial charge in [-0.1, -0.05) is 24.3 Å². The van der Waals surface area contributed by atoms with Crippen LogP contribution in [-0.4, -0.2) is 30.5 Å².